The number of aryl methyl sites for hydroxylation is 2. The van der Waals surface area contributed by atoms with Gasteiger partial charge in [-0.25, -0.2) is 0 Å². The molecule has 5 heteroatoms. The van der Waals surface area contributed by atoms with Crippen LogP contribution in [-0.4, -0.2) is 22.8 Å². The van der Waals surface area contributed by atoms with Crippen molar-refractivity contribution in [3.8, 4) is 5.75 Å². The zero-order valence-corrected chi connectivity index (χ0v) is 12.2. The number of nitrogens with one attached hydrogen (secondary N) is 1. The number of anilines is 1. The lowest BCUT2D eigenvalue weighted by atomic mass is 10.2. The van der Waals surface area contributed by atoms with Crippen LogP contribution in [-0.2, 0) is 4.79 Å². The van der Waals surface area contributed by atoms with Gasteiger partial charge in [0.1, 0.15) is 11.8 Å². The number of hydrogen-bond donors (Lipinski definition) is 1. The lowest BCUT2D eigenvalue weighted by Gasteiger charge is -2.15. The van der Waals surface area contributed by atoms with E-state index in [1.165, 1.54) is 0 Å². The molecule has 0 saturated heterocycles. The third-order valence-electron chi connectivity index (χ3n) is 3.13. The lowest BCUT2D eigenvalue weighted by molar-refractivity contribution is -0.119. The van der Waals surface area contributed by atoms with Crippen LogP contribution < -0.4 is 10.1 Å². The summed E-state index contributed by atoms with van der Waals surface area (Å²) < 4.78 is 6.90. The molecule has 1 atom stereocenters. The van der Waals surface area contributed by atoms with Crippen molar-refractivity contribution in [3.63, 3.8) is 0 Å². The second-order valence-electron chi connectivity index (χ2n) is 4.81. The molecule has 1 N–H and O–H groups in total. The van der Waals surface area contributed by atoms with Crippen LogP contribution in [0.3, 0.4) is 0 Å². The Balaban J connectivity index is 2.17. The van der Waals surface area contributed by atoms with Crippen molar-refractivity contribution in [3.05, 3.63) is 41.7 Å². The summed E-state index contributed by atoms with van der Waals surface area (Å²) in [7, 11) is 1.58. The molecular formula is C15H19N3O2. The normalized spacial score (nSPS) is 12.0. The Bertz CT molecular complexity index is 619. The number of aromatic nitrogens is 2. The van der Waals surface area contributed by atoms with Crippen LogP contribution >= 0.6 is 0 Å². The quantitative estimate of drug-likeness (QED) is 0.931. The van der Waals surface area contributed by atoms with E-state index in [1.807, 2.05) is 45.0 Å². The van der Waals surface area contributed by atoms with Gasteiger partial charge in [0.05, 0.1) is 18.5 Å². The number of carbonyl (C=O) groups excluding carboxylic acids is 1. The van der Waals surface area contributed by atoms with E-state index in [0.29, 0.717) is 11.4 Å². The van der Waals surface area contributed by atoms with Crippen LogP contribution in [0.15, 0.2) is 30.5 Å². The summed E-state index contributed by atoms with van der Waals surface area (Å²) in [4.78, 5) is 12.3. The molecule has 0 bridgehead atoms. The second kappa shape index (κ2) is 5.77. The first-order valence-electron chi connectivity index (χ1n) is 6.48. The van der Waals surface area contributed by atoms with Crippen LogP contribution in [0.5, 0.6) is 5.75 Å². The van der Waals surface area contributed by atoms with Gasteiger partial charge >= 0.3 is 0 Å². The Hall–Kier alpha value is -2.30. The fourth-order valence-electron chi connectivity index (χ4n) is 1.93. The molecule has 0 fully saturated rings. The molecule has 0 aliphatic heterocycles. The third-order valence-corrected chi connectivity index (χ3v) is 3.13. The van der Waals surface area contributed by atoms with Crippen LogP contribution in [0.25, 0.3) is 0 Å². The number of carbonyl (C=O) groups is 1. The van der Waals surface area contributed by atoms with Crippen molar-refractivity contribution in [1.82, 2.24) is 9.78 Å². The molecule has 1 heterocycles. The van der Waals surface area contributed by atoms with Crippen molar-refractivity contribution in [2.75, 3.05) is 12.4 Å². The first-order valence-corrected chi connectivity index (χ1v) is 6.48. The van der Waals surface area contributed by atoms with Gasteiger partial charge in [-0.05, 0) is 44.5 Å². The molecule has 0 radical (unpaired) electrons. The topological polar surface area (TPSA) is 56.1 Å². The first kappa shape index (κ1) is 14.1. The van der Waals surface area contributed by atoms with Gasteiger partial charge < -0.3 is 10.1 Å². The molecule has 1 unspecified atom stereocenters. The fourth-order valence-corrected chi connectivity index (χ4v) is 1.93. The van der Waals surface area contributed by atoms with E-state index in [1.54, 1.807) is 18.0 Å². The molecule has 106 valence electrons. The van der Waals surface area contributed by atoms with Crippen molar-refractivity contribution < 1.29 is 9.53 Å². The summed E-state index contributed by atoms with van der Waals surface area (Å²) in [6.07, 6.45) is 1.80. The number of benzene rings is 1. The molecule has 2 rings (SSSR count). The maximum absolute atomic E-state index is 12.3. The monoisotopic (exact) mass is 273 g/mol. The molecule has 5 nitrogen and oxygen atoms in total. The van der Waals surface area contributed by atoms with Gasteiger partial charge in [0.15, 0.2) is 0 Å². The van der Waals surface area contributed by atoms with Crippen molar-refractivity contribution >= 4 is 11.6 Å². The van der Waals surface area contributed by atoms with Gasteiger partial charge in [-0.3, -0.25) is 9.48 Å². The second-order valence-corrected chi connectivity index (χ2v) is 4.81. The number of hydrogen-bond acceptors (Lipinski definition) is 3. The van der Waals surface area contributed by atoms with Crippen LogP contribution in [0.4, 0.5) is 5.69 Å². The fraction of sp³-hybridized carbons (Fsp3) is 0.333. The molecule has 0 aliphatic rings. The van der Waals surface area contributed by atoms with Crippen LogP contribution in [0, 0.1) is 13.8 Å². The van der Waals surface area contributed by atoms with Gasteiger partial charge in [0.25, 0.3) is 0 Å². The average molecular weight is 273 g/mol. The molecule has 0 spiro atoms. The molecule has 0 aliphatic carbocycles. The highest BCUT2D eigenvalue weighted by Gasteiger charge is 2.17. The third kappa shape index (κ3) is 2.99. The van der Waals surface area contributed by atoms with E-state index in [0.717, 1.165) is 11.3 Å². The Labute approximate surface area is 118 Å². The zero-order valence-electron chi connectivity index (χ0n) is 12.2. The van der Waals surface area contributed by atoms with E-state index in [4.69, 9.17) is 4.74 Å². The lowest BCUT2D eigenvalue weighted by Crippen LogP contribution is -2.24. The highest BCUT2D eigenvalue weighted by Crippen LogP contribution is 2.26. The predicted octanol–water partition coefficient (Wildman–Crippen LogP) is 2.71. The number of amides is 1. The van der Waals surface area contributed by atoms with Gasteiger partial charge in [-0.2, -0.15) is 5.10 Å². The molecule has 1 aromatic carbocycles. The highest BCUT2D eigenvalue weighted by molar-refractivity contribution is 5.94. The molecule has 20 heavy (non-hydrogen) atoms. The van der Waals surface area contributed by atoms with Gasteiger partial charge in [-0.15, -0.1) is 0 Å². The molecule has 1 amide bonds. The highest BCUT2D eigenvalue weighted by atomic mass is 16.5. The van der Waals surface area contributed by atoms with E-state index >= 15 is 0 Å². The van der Waals surface area contributed by atoms with Crippen molar-refractivity contribution in [2.24, 2.45) is 0 Å². The number of nitrogens with zero attached hydrogens (tertiary/aromatic N) is 2. The van der Waals surface area contributed by atoms with E-state index < -0.39 is 0 Å². The van der Waals surface area contributed by atoms with Crippen LogP contribution in [0.2, 0.25) is 0 Å². The Morgan fingerprint density at radius 3 is 2.70 bits per heavy atom. The summed E-state index contributed by atoms with van der Waals surface area (Å²) in [6.45, 7) is 5.67. The molecule has 0 saturated carbocycles. The first-order chi connectivity index (χ1) is 9.51. The minimum absolute atomic E-state index is 0.128. The van der Waals surface area contributed by atoms with Crippen LogP contribution in [0.1, 0.15) is 24.2 Å². The Morgan fingerprint density at radius 2 is 2.10 bits per heavy atom. The largest absolute Gasteiger partial charge is 0.495 e. The van der Waals surface area contributed by atoms with Gasteiger partial charge in [-0.1, -0.05) is 6.07 Å². The van der Waals surface area contributed by atoms with Gasteiger partial charge in [0.2, 0.25) is 5.91 Å². The minimum Gasteiger partial charge on any atom is -0.495 e. The standard InChI is InChI=1S/C15H19N3O2/c1-10-5-6-14(20-4)13(9-10)16-15(19)12(3)18-8-7-11(2)17-18/h5-9,12H,1-4H3,(H,16,19). The van der Waals surface area contributed by atoms with E-state index in [2.05, 4.69) is 10.4 Å². The number of methoxy groups -OCH3 is 1. The van der Waals surface area contributed by atoms with E-state index in [9.17, 15) is 4.79 Å². The summed E-state index contributed by atoms with van der Waals surface area (Å²) in [5.41, 5.74) is 2.62. The minimum atomic E-state index is -0.381. The summed E-state index contributed by atoms with van der Waals surface area (Å²) >= 11 is 0. The van der Waals surface area contributed by atoms with E-state index in [-0.39, 0.29) is 11.9 Å². The number of rotatable bonds is 4. The maximum Gasteiger partial charge on any atom is 0.249 e. The predicted molar refractivity (Wildman–Crippen MR) is 78.0 cm³/mol. The zero-order chi connectivity index (χ0) is 14.7. The maximum atomic E-state index is 12.3. The van der Waals surface area contributed by atoms with Crippen molar-refractivity contribution in [2.45, 2.75) is 26.8 Å². The summed E-state index contributed by atoms with van der Waals surface area (Å²) in [5.74, 6) is 0.518. The summed E-state index contributed by atoms with van der Waals surface area (Å²) in [6, 6.07) is 7.16. The SMILES string of the molecule is COc1ccc(C)cc1NC(=O)C(C)n1ccc(C)n1. The molecule has 2 aromatic rings. The Kier molecular flexibility index (Phi) is 4.08. The molecular weight excluding hydrogens is 254 g/mol. The molecule has 1 aromatic heterocycles. The van der Waals surface area contributed by atoms with Crippen molar-refractivity contribution in [1.29, 1.82) is 0 Å². The smallest absolute Gasteiger partial charge is 0.249 e. The summed E-state index contributed by atoms with van der Waals surface area (Å²) in [5, 5.41) is 7.14. The average Bonchev–Trinajstić information content (AvgIpc) is 2.84. The van der Waals surface area contributed by atoms with Gasteiger partial charge in [0, 0.05) is 6.20 Å². The number of ether oxygens (including phenoxy) is 1. The Morgan fingerprint density at radius 1 is 1.35 bits per heavy atom.